The number of nitrogens with zero attached hydrogens (tertiary/aromatic N) is 1. The van der Waals surface area contributed by atoms with Crippen LogP contribution in [0, 0.1) is 23.5 Å². The molecule has 1 aromatic rings. The van der Waals surface area contributed by atoms with Crippen LogP contribution in [0.25, 0.3) is 0 Å². The predicted molar refractivity (Wildman–Crippen MR) is 92.8 cm³/mol. The van der Waals surface area contributed by atoms with E-state index in [0.717, 1.165) is 32.0 Å². The normalized spacial score (nSPS) is 28.7. The highest BCUT2D eigenvalue weighted by molar-refractivity contribution is 5.73. The summed E-state index contributed by atoms with van der Waals surface area (Å²) in [6.45, 7) is 3.41. The van der Waals surface area contributed by atoms with Gasteiger partial charge in [-0.2, -0.15) is 0 Å². The molecule has 26 heavy (non-hydrogen) atoms. The van der Waals surface area contributed by atoms with Gasteiger partial charge in [0.25, 0.3) is 0 Å². The third-order valence-electron chi connectivity index (χ3n) is 5.64. The molecule has 5 nitrogen and oxygen atoms in total. The van der Waals surface area contributed by atoms with Gasteiger partial charge in [-0.3, -0.25) is 9.69 Å². The maximum absolute atomic E-state index is 14.2. The van der Waals surface area contributed by atoms with Crippen molar-refractivity contribution in [1.29, 1.82) is 0 Å². The van der Waals surface area contributed by atoms with Gasteiger partial charge in [-0.15, -0.1) is 0 Å². The summed E-state index contributed by atoms with van der Waals surface area (Å²) in [5, 5.41) is 2.98. The van der Waals surface area contributed by atoms with E-state index >= 15 is 0 Å². The molecule has 0 spiro atoms. The minimum absolute atomic E-state index is 0.000794. The van der Waals surface area contributed by atoms with Gasteiger partial charge in [0.05, 0.1) is 19.3 Å². The average Bonchev–Trinajstić information content (AvgIpc) is 2.99. The second-order valence-corrected chi connectivity index (χ2v) is 7.31. The van der Waals surface area contributed by atoms with Crippen molar-refractivity contribution in [2.45, 2.75) is 38.5 Å². The largest absolute Gasteiger partial charge is 0.496 e. The third kappa shape index (κ3) is 3.83. The van der Waals surface area contributed by atoms with Crippen LogP contribution in [0.3, 0.4) is 0 Å². The number of carbonyl (C=O) groups excluding carboxylic acids is 1. The molecule has 144 valence electrons. The topological polar surface area (TPSA) is 50.8 Å². The van der Waals surface area contributed by atoms with Gasteiger partial charge in [-0.1, -0.05) is 0 Å². The summed E-state index contributed by atoms with van der Waals surface area (Å²) >= 11 is 0. The van der Waals surface area contributed by atoms with E-state index in [0.29, 0.717) is 24.1 Å². The van der Waals surface area contributed by atoms with Crippen LogP contribution in [0.1, 0.15) is 25.3 Å². The Morgan fingerprint density at radius 1 is 1.23 bits per heavy atom. The maximum atomic E-state index is 14.2. The van der Waals surface area contributed by atoms with Crippen LogP contribution < -0.4 is 10.1 Å². The number of ether oxygens (including phenoxy) is 2. The van der Waals surface area contributed by atoms with E-state index in [1.54, 1.807) is 7.11 Å². The van der Waals surface area contributed by atoms with Gasteiger partial charge >= 0.3 is 0 Å². The monoisotopic (exact) mass is 368 g/mol. The molecule has 1 aliphatic heterocycles. The molecule has 4 atom stereocenters. The molecule has 1 saturated carbocycles. The lowest BCUT2D eigenvalue weighted by atomic mass is 9.77. The Morgan fingerprint density at radius 3 is 2.54 bits per heavy atom. The van der Waals surface area contributed by atoms with E-state index in [4.69, 9.17) is 9.47 Å². The van der Waals surface area contributed by atoms with Crippen molar-refractivity contribution >= 4 is 5.91 Å². The lowest BCUT2D eigenvalue weighted by Crippen LogP contribution is -2.49. The number of nitrogens with one attached hydrogen (secondary N) is 1. The number of rotatable bonds is 5. The van der Waals surface area contributed by atoms with Crippen molar-refractivity contribution in [3.05, 3.63) is 29.3 Å². The van der Waals surface area contributed by atoms with Gasteiger partial charge < -0.3 is 14.8 Å². The smallest absolute Gasteiger partial charge is 0.217 e. The number of fused-ring (bicyclic) bond motifs is 1. The second-order valence-electron chi connectivity index (χ2n) is 7.31. The molecule has 0 bridgehead atoms. The highest BCUT2D eigenvalue weighted by Crippen LogP contribution is 2.39. The van der Waals surface area contributed by atoms with Crippen LogP contribution in [0.5, 0.6) is 5.75 Å². The molecule has 1 saturated heterocycles. The fourth-order valence-electron chi connectivity index (χ4n) is 4.45. The number of hydrogen-bond donors (Lipinski definition) is 1. The number of likely N-dealkylation sites (tertiary alicyclic amines) is 1. The first-order chi connectivity index (χ1) is 12.4. The van der Waals surface area contributed by atoms with Crippen LogP contribution in [0.15, 0.2) is 12.1 Å². The molecule has 7 heteroatoms. The molecule has 0 radical (unpaired) electrons. The molecule has 1 heterocycles. The number of hydrogen-bond acceptors (Lipinski definition) is 4. The van der Waals surface area contributed by atoms with Crippen molar-refractivity contribution in [1.82, 2.24) is 10.2 Å². The van der Waals surface area contributed by atoms with Gasteiger partial charge in [0, 0.05) is 39.2 Å². The van der Waals surface area contributed by atoms with E-state index in [-0.39, 0.29) is 23.6 Å². The molecule has 3 rings (SSSR count). The Labute approximate surface area is 152 Å². The predicted octanol–water partition coefficient (Wildman–Crippen LogP) is 2.33. The number of carbonyl (C=O) groups is 1. The first-order valence-corrected chi connectivity index (χ1v) is 8.96. The summed E-state index contributed by atoms with van der Waals surface area (Å²) in [4.78, 5) is 13.6. The highest BCUT2D eigenvalue weighted by atomic mass is 19.2. The fourth-order valence-corrected chi connectivity index (χ4v) is 4.45. The lowest BCUT2D eigenvalue weighted by Gasteiger charge is -2.37. The van der Waals surface area contributed by atoms with Crippen molar-refractivity contribution in [3.8, 4) is 5.75 Å². The van der Waals surface area contributed by atoms with E-state index in [9.17, 15) is 13.6 Å². The molecule has 0 unspecified atom stereocenters. The average molecular weight is 368 g/mol. The summed E-state index contributed by atoms with van der Waals surface area (Å²) in [5.41, 5.74) is 0.257. The Kier molecular flexibility index (Phi) is 5.77. The van der Waals surface area contributed by atoms with E-state index in [2.05, 4.69) is 10.2 Å². The van der Waals surface area contributed by atoms with Crippen molar-refractivity contribution < 1.29 is 23.0 Å². The molecule has 1 amide bonds. The Bertz CT molecular complexity index is 670. The zero-order valence-electron chi connectivity index (χ0n) is 15.4. The Morgan fingerprint density at radius 2 is 1.92 bits per heavy atom. The number of methoxy groups -OCH3 is 2. The van der Waals surface area contributed by atoms with E-state index < -0.39 is 11.6 Å². The van der Waals surface area contributed by atoms with Crippen LogP contribution in [-0.2, 0) is 16.1 Å². The van der Waals surface area contributed by atoms with Crippen LogP contribution >= 0.6 is 0 Å². The molecule has 0 aromatic heterocycles. The molecule has 2 fully saturated rings. The molecular weight excluding hydrogens is 342 g/mol. The summed E-state index contributed by atoms with van der Waals surface area (Å²) < 4.78 is 38.7. The summed E-state index contributed by atoms with van der Waals surface area (Å²) in [6, 6.07) is 2.55. The van der Waals surface area contributed by atoms with Crippen LogP contribution in [0.4, 0.5) is 8.78 Å². The zero-order valence-corrected chi connectivity index (χ0v) is 15.4. The molecule has 1 aromatic carbocycles. The quantitative estimate of drug-likeness (QED) is 0.867. The third-order valence-corrected chi connectivity index (χ3v) is 5.64. The van der Waals surface area contributed by atoms with Crippen LogP contribution in [-0.4, -0.2) is 50.3 Å². The number of halogens is 2. The molecule has 2 aliphatic rings. The molecule has 1 aliphatic carbocycles. The van der Waals surface area contributed by atoms with Gasteiger partial charge in [0.2, 0.25) is 5.91 Å². The zero-order chi connectivity index (χ0) is 18.8. The maximum Gasteiger partial charge on any atom is 0.217 e. The van der Waals surface area contributed by atoms with E-state index in [1.165, 1.54) is 20.1 Å². The first-order valence-electron chi connectivity index (χ1n) is 8.96. The SMILES string of the molecule is COc1ccc(F)c(F)c1CN1C[C@H]2C[C@@H](NC(C)=O)[C@H](OC)C[C@H]2C1. The van der Waals surface area contributed by atoms with Crippen molar-refractivity contribution in [2.75, 3.05) is 27.3 Å². The van der Waals surface area contributed by atoms with Gasteiger partial charge in [0.1, 0.15) is 5.75 Å². The van der Waals surface area contributed by atoms with Gasteiger partial charge in [-0.05, 0) is 36.8 Å². The number of amides is 1. The minimum Gasteiger partial charge on any atom is -0.496 e. The summed E-state index contributed by atoms with van der Waals surface area (Å²) in [6.07, 6.45) is 1.67. The van der Waals surface area contributed by atoms with Crippen molar-refractivity contribution in [3.63, 3.8) is 0 Å². The van der Waals surface area contributed by atoms with Crippen molar-refractivity contribution in [2.24, 2.45) is 11.8 Å². The summed E-state index contributed by atoms with van der Waals surface area (Å²) in [7, 11) is 3.13. The van der Waals surface area contributed by atoms with E-state index in [1.807, 2.05) is 0 Å². The number of benzene rings is 1. The van der Waals surface area contributed by atoms with Gasteiger partial charge in [0.15, 0.2) is 11.6 Å². The Balaban J connectivity index is 1.71. The minimum atomic E-state index is -0.859. The van der Waals surface area contributed by atoms with Gasteiger partial charge in [-0.25, -0.2) is 8.78 Å². The standard InChI is InChI=1S/C19H26F2N2O3/c1-11(24)22-16-6-12-8-23(9-13(12)7-18(16)26-3)10-14-17(25-2)5-4-15(20)19(14)21/h4-5,12-13,16,18H,6-10H2,1-3H3,(H,22,24)/t12-,13+,16-,18-/m1/s1. The highest BCUT2D eigenvalue weighted by Gasteiger charge is 2.42. The fraction of sp³-hybridized carbons (Fsp3) is 0.632. The Hall–Kier alpha value is -1.73. The summed E-state index contributed by atoms with van der Waals surface area (Å²) in [5.74, 6) is -0.567. The molecular formula is C19H26F2N2O3. The van der Waals surface area contributed by atoms with Crippen LogP contribution in [0.2, 0.25) is 0 Å². The first kappa shape index (κ1) is 19.0. The molecule has 1 N–H and O–H groups in total. The second kappa shape index (κ2) is 7.88. The lowest BCUT2D eigenvalue weighted by molar-refractivity contribution is -0.121.